The first-order valence-electron chi connectivity index (χ1n) is 8.74. The highest BCUT2D eigenvalue weighted by Crippen LogP contribution is 2.38. The fourth-order valence-corrected chi connectivity index (χ4v) is 4.58. The molecule has 0 aliphatic carbocycles. The minimum atomic E-state index is -0.275. The van der Waals surface area contributed by atoms with Gasteiger partial charge in [0, 0.05) is 15.7 Å². The van der Waals surface area contributed by atoms with Gasteiger partial charge in [0.15, 0.2) is 11.5 Å². The molecule has 2 aliphatic heterocycles. The molecule has 4 nitrogen and oxygen atoms in total. The zero-order valence-electron chi connectivity index (χ0n) is 14.5. The average Bonchev–Trinajstić information content (AvgIpc) is 2.67. The van der Waals surface area contributed by atoms with E-state index in [1.807, 2.05) is 55.1 Å². The predicted molar refractivity (Wildman–Crippen MR) is 104 cm³/mol. The Hall–Kier alpha value is -1.85. The number of rotatable bonds is 3. The standard InChI is InChI=1S/C20H20ClNO3S/c1-12(13-2-4-17-18(10-13)25-8-7-24-17)20(23)22-16-6-9-26-19-5-3-14(21)11-15(16)19/h2-5,10-12,16H,6-9H2,1H3,(H,22,23). The van der Waals surface area contributed by atoms with Gasteiger partial charge in [-0.25, -0.2) is 0 Å². The molecule has 0 aromatic heterocycles. The van der Waals surface area contributed by atoms with Crippen LogP contribution in [0.15, 0.2) is 41.3 Å². The molecule has 2 aromatic carbocycles. The van der Waals surface area contributed by atoms with Crippen molar-refractivity contribution in [1.82, 2.24) is 5.32 Å². The van der Waals surface area contributed by atoms with Crippen LogP contribution in [-0.2, 0) is 4.79 Å². The Balaban J connectivity index is 1.51. The lowest BCUT2D eigenvalue weighted by atomic mass is 9.97. The molecule has 2 aliphatic rings. The Morgan fingerprint density at radius 2 is 2.00 bits per heavy atom. The van der Waals surface area contributed by atoms with Gasteiger partial charge in [0.1, 0.15) is 13.2 Å². The molecule has 2 atom stereocenters. The van der Waals surface area contributed by atoms with E-state index in [0.29, 0.717) is 24.0 Å². The number of hydrogen-bond acceptors (Lipinski definition) is 4. The van der Waals surface area contributed by atoms with Crippen molar-refractivity contribution in [3.63, 3.8) is 0 Å². The zero-order valence-corrected chi connectivity index (χ0v) is 16.0. The third kappa shape index (κ3) is 3.51. The van der Waals surface area contributed by atoms with E-state index in [1.54, 1.807) is 0 Å². The van der Waals surface area contributed by atoms with Crippen LogP contribution in [0.5, 0.6) is 11.5 Å². The molecular formula is C20H20ClNO3S. The van der Waals surface area contributed by atoms with Crippen molar-refractivity contribution in [1.29, 1.82) is 0 Å². The molecule has 0 spiro atoms. The Kier molecular flexibility index (Phi) is 5.00. The van der Waals surface area contributed by atoms with Crippen molar-refractivity contribution in [2.24, 2.45) is 0 Å². The Labute approximate surface area is 162 Å². The number of fused-ring (bicyclic) bond motifs is 2. The van der Waals surface area contributed by atoms with Crippen molar-refractivity contribution in [2.75, 3.05) is 19.0 Å². The first-order valence-corrected chi connectivity index (χ1v) is 10.1. The smallest absolute Gasteiger partial charge is 0.227 e. The Bertz CT molecular complexity index is 842. The van der Waals surface area contributed by atoms with Gasteiger partial charge >= 0.3 is 0 Å². The van der Waals surface area contributed by atoms with Crippen molar-refractivity contribution in [3.05, 3.63) is 52.5 Å². The van der Waals surface area contributed by atoms with E-state index in [0.717, 1.165) is 29.1 Å². The largest absolute Gasteiger partial charge is 0.486 e. The maximum atomic E-state index is 12.9. The second-order valence-electron chi connectivity index (χ2n) is 6.51. The molecule has 26 heavy (non-hydrogen) atoms. The van der Waals surface area contributed by atoms with Crippen molar-refractivity contribution in [2.45, 2.75) is 30.2 Å². The summed E-state index contributed by atoms with van der Waals surface area (Å²) >= 11 is 7.96. The van der Waals surface area contributed by atoms with Gasteiger partial charge in [-0.15, -0.1) is 11.8 Å². The molecular weight excluding hydrogens is 370 g/mol. The molecule has 0 bridgehead atoms. The first kappa shape index (κ1) is 17.6. The average molecular weight is 390 g/mol. The van der Waals surface area contributed by atoms with Gasteiger partial charge < -0.3 is 14.8 Å². The summed E-state index contributed by atoms with van der Waals surface area (Å²) in [7, 11) is 0. The summed E-state index contributed by atoms with van der Waals surface area (Å²) in [5.41, 5.74) is 2.03. The van der Waals surface area contributed by atoms with E-state index < -0.39 is 0 Å². The lowest BCUT2D eigenvalue weighted by molar-refractivity contribution is -0.123. The van der Waals surface area contributed by atoms with Gasteiger partial charge in [-0.05, 0) is 54.8 Å². The molecule has 0 saturated heterocycles. The van der Waals surface area contributed by atoms with Gasteiger partial charge in [0.25, 0.3) is 0 Å². The number of halogens is 1. The molecule has 136 valence electrons. The number of carbonyl (C=O) groups excluding carboxylic acids is 1. The highest BCUT2D eigenvalue weighted by molar-refractivity contribution is 7.99. The first-order chi connectivity index (χ1) is 12.6. The van der Waals surface area contributed by atoms with Gasteiger partial charge in [0.05, 0.1) is 12.0 Å². The molecule has 0 radical (unpaired) electrons. The van der Waals surface area contributed by atoms with Gasteiger partial charge in [-0.1, -0.05) is 17.7 Å². The maximum Gasteiger partial charge on any atom is 0.227 e. The Morgan fingerprint density at radius 1 is 1.19 bits per heavy atom. The van der Waals surface area contributed by atoms with Crippen LogP contribution in [0.25, 0.3) is 0 Å². The van der Waals surface area contributed by atoms with Crippen LogP contribution >= 0.6 is 23.4 Å². The maximum absolute atomic E-state index is 12.9. The number of carbonyl (C=O) groups is 1. The fraction of sp³-hybridized carbons (Fsp3) is 0.350. The van der Waals surface area contributed by atoms with E-state index in [4.69, 9.17) is 21.1 Å². The molecule has 1 N–H and O–H groups in total. The lowest BCUT2D eigenvalue weighted by Crippen LogP contribution is -2.33. The minimum Gasteiger partial charge on any atom is -0.486 e. The summed E-state index contributed by atoms with van der Waals surface area (Å²) in [6, 6.07) is 11.6. The molecule has 0 fully saturated rings. The van der Waals surface area contributed by atoms with Gasteiger partial charge in [-0.3, -0.25) is 4.79 Å². The molecule has 4 rings (SSSR count). The van der Waals surface area contributed by atoms with E-state index in [9.17, 15) is 4.79 Å². The summed E-state index contributed by atoms with van der Waals surface area (Å²) in [6.45, 7) is 3.01. The number of amides is 1. The number of benzene rings is 2. The van der Waals surface area contributed by atoms with Crippen LogP contribution in [0, 0.1) is 0 Å². The molecule has 1 amide bonds. The molecule has 2 aromatic rings. The Morgan fingerprint density at radius 3 is 2.85 bits per heavy atom. The van der Waals surface area contributed by atoms with Crippen LogP contribution < -0.4 is 14.8 Å². The third-order valence-electron chi connectivity index (χ3n) is 4.79. The number of nitrogens with one attached hydrogen (secondary N) is 1. The third-order valence-corrected chi connectivity index (χ3v) is 6.15. The van der Waals surface area contributed by atoms with E-state index in [1.165, 1.54) is 4.90 Å². The van der Waals surface area contributed by atoms with E-state index >= 15 is 0 Å². The topological polar surface area (TPSA) is 47.6 Å². The monoisotopic (exact) mass is 389 g/mol. The van der Waals surface area contributed by atoms with Crippen LogP contribution in [0.4, 0.5) is 0 Å². The fourth-order valence-electron chi connectivity index (χ4n) is 3.29. The van der Waals surface area contributed by atoms with E-state index in [-0.39, 0.29) is 17.9 Å². The van der Waals surface area contributed by atoms with Crippen LogP contribution in [0.3, 0.4) is 0 Å². The second-order valence-corrected chi connectivity index (χ2v) is 8.08. The van der Waals surface area contributed by atoms with E-state index in [2.05, 4.69) is 5.32 Å². The molecule has 2 unspecified atom stereocenters. The number of ether oxygens (including phenoxy) is 2. The molecule has 6 heteroatoms. The summed E-state index contributed by atoms with van der Waals surface area (Å²) in [5, 5.41) is 3.90. The lowest BCUT2D eigenvalue weighted by Gasteiger charge is -2.27. The van der Waals surface area contributed by atoms with Gasteiger partial charge in [-0.2, -0.15) is 0 Å². The quantitative estimate of drug-likeness (QED) is 0.835. The van der Waals surface area contributed by atoms with Crippen molar-refractivity contribution in [3.8, 4) is 11.5 Å². The summed E-state index contributed by atoms with van der Waals surface area (Å²) in [4.78, 5) is 14.0. The summed E-state index contributed by atoms with van der Waals surface area (Å²) in [5.74, 6) is 2.16. The zero-order chi connectivity index (χ0) is 18.1. The summed E-state index contributed by atoms with van der Waals surface area (Å²) in [6.07, 6.45) is 0.900. The van der Waals surface area contributed by atoms with Crippen LogP contribution in [0.1, 0.15) is 36.4 Å². The SMILES string of the molecule is CC(C(=O)NC1CCSc2ccc(Cl)cc21)c1ccc2c(c1)OCCO2. The van der Waals surface area contributed by atoms with Crippen molar-refractivity contribution < 1.29 is 14.3 Å². The normalized spacial score (nSPS) is 19.4. The highest BCUT2D eigenvalue weighted by Gasteiger charge is 2.26. The molecule has 0 saturated carbocycles. The molecule has 2 heterocycles. The van der Waals surface area contributed by atoms with Crippen LogP contribution in [-0.4, -0.2) is 24.9 Å². The van der Waals surface area contributed by atoms with Crippen molar-refractivity contribution >= 4 is 29.3 Å². The number of thioether (sulfide) groups is 1. The predicted octanol–water partition coefficient (Wildman–Crippen LogP) is 4.57. The highest BCUT2D eigenvalue weighted by atomic mass is 35.5. The minimum absolute atomic E-state index is 0.00268. The van der Waals surface area contributed by atoms with Gasteiger partial charge in [0.2, 0.25) is 5.91 Å². The van der Waals surface area contributed by atoms with Crippen LogP contribution in [0.2, 0.25) is 5.02 Å². The number of hydrogen-bond donors (Lipinski definition) is 1. The second kappa shape index (κ2) is 7.41. The summed E-state index contributed by atoms with van der Waals surface area (Å²) < 4.78 is 11.2.